The maximum atomic E-state index is 11.7. The first-order valence-electron chi connectivity index (χ1n) is 6.40. The molecule has 7 nitrogen and oxygen atoms in total. The highest BCUT2D eigenvalue weighted by Gasteiger charge is 2.22. The van der Waals surface area contributed by atoms with Gasteiger partial charge >= 0.3 is 11.7 Å². The maximum Gasteiger partial charge on any atom is 0.347 e. The molecule has 0 aliphatic carbocycles. The number of terminal acetylenes is 1. The van der Waals surface area contributed by atoms with E-state index >= 15 is 0 Å². The number of aromatic nitrogens is 2. The van der Waals surface area contributed by atoms with E-state index in [4.69, 9.17) is 6.42 Å². The van der Waals surface area contributed by atoms with E-state index in [1.54, 1.807) is 6.07 Å². The minimum atomic E-state index is -0.949. The Labute approximate surface area is 122 Å². The van der Waals surface area contributed by atoms with Gasteiger partial charge in [0.2, 0.25) is 5.91 Å². The molecule has 1 N–H and O–H groups in total. The number of rotatable bonds is 7. The molecule has 7 heteroatoms. The number of amides is 1. The summed E-state index contributed by atoms with van der Waals surface area (Å²) in [5.74, 6) is 1.48. The molecule has 1 atom stereocenters. The summed E-state index contributed by atoms with van der Waals surface area (Å²) in [6.45, 7) is -0.0414. The number of nitrogens with zero attached hydrogens (tertiary/aromatic N) is 2. The van der Waals surface area contributed by atoms with E-state index in [1.807, 2.05) is 0 Å². The van der Waals surface area contributed by atoms with Crippen molar-refractivity contribution in [2.75, 3.05) is 7.11 Å². The molecule has 0 radical (unpaired) electrons. The second-order valence-electron chi connectivity index (χ2n) is 4.26. The van der Waals surface area contributed by atoms with Crippen molar-refractivity contribution >= 4 is 11.9 Å². The van der Waals surface area contributed by atoms with Crippen molar-refractivity contribution in [3.8, 4) is 12.3 Å². The predicted octanol–water partition coefficient (Wildman–Crippen LogP) is -0.295. The average molecular weight is 291 g/mol. The normalized spacial score (nSPS) is 11.2. The van der Waals surface area contributed by atoms with Crippen LogP contribution in [0.3, 0.4) is 0 Å². The average Bonchev–Trinajstić information content (AvgIpc) is 2.48. The number of methoxy groups -OCH3 is 1. The molecular formula is C14H17N3O4. The highest BCUT2D eigenvalue weighted by molar-refractivity contribution is 5.84. The van der Waals surface area contributed by atoms with E-state index < -0.39 is 17.7 Å². The first-order valence-corrected chi connectivity index (χ1v) is 6.40. The van der Waals surface area contributed by atoms with Crippen molar-refractivity contribution in [3.05, 3.63) is 28.9 Å². The van der Waals surface area contributed by atoms with Crippen LogP contribution in [0.4, 0.5) is 0 Å². The third kappa shape index (κ3) is 5.48. The fourth-order valence-corrected chi connectivity index (χ4v) is 1.66. The number of esters is 1. The van der Waals surface area contributed by atoms with Gasteiger partial charge in [-0.05, 0) is 12.5 Å². The van der Waals surface area contributed by atoms with Crippen LogP contribution in [0.5, 0.6) is 0 Å². The summed E-state index contributed by atoms with van der Waals surface area (Å²) in [5, 5.41) is 2.53. The molecule has 0 spiro atoms. The Bertz CT molecular complexity index is 588. The lowest BCUT2D eigenvalue weighted by Gasteiger charge is -2.17. The Morgan fingerprint density at radius 3 is 2.95 bits per heavy atom. The van der Waals surface area contributed by atoms with Crippen molar-refractivity contribution in [1.82, 2.24) is 14.9 Å². The molecule has 1 heterocycles. The molecule has 1 unspecified atom stereocenters. The molecule has 112 valence electrons. The zero-order chi connectivity index (χ0) is 15.7. The molecule has 0 saturated carbocycles. The van der Waals surface area contributed by atoms with Gasteiger partial charge in [0.15, 0.2) is 0 Å². The largest absolute Gasteiger partial charge is 0.467 e. The van der Waals surface area contributed by atoms with Crippen LogP contribution in [-0.4, -0.2) is 34.6 Å². The van der Waals surface area contributed by atoms with Crippen LogP contribution < -0.4 is 11.0 Å². The molecule has 0 aliphatic heterocycles. The van der Waals surface area contributed by atoms with Gasteiger partial charge in [-0.25, -0.2) is 14.6 Å². The smallest absolute Gasteiger partial charge is 0.347 e. The highest BCUT2D eigenvalue weighted by Crippen LogP contribution is 1.98. The predicted molar refractivity (Wildman–Crippen MR) is 75.1 cm³/mol. The molecular weight excluding hydrogens is 274 g/mol. The Kier molecular flexibility index (Phi) is 6.68. The summed E-state index contributed by atoms with van der Waals surface area (Å²) in [6.07, 6.45) is 9.16. The first kappa shape index (κ1) is 16.4. The summed E-state index contributed by atoms with van der Waals surface area (Å²) in [5.41, 5.74) is -0.506. The van der Waals surface area contributed by atoms with Crippen molar-refractivity contribution in [1.29, 1.82) is 0 Å². The third-order valence-corrected chi connectivity index (χ3v) is 2.71. The number of unbranched alkanes of at least 4 members (excludes halogenated alkanes) is 1. The molecule has 1 rings (SSSR count). The number of carbonyl (C=O) groups is 2. The Balaban J connectivity index is 2.71. The summed E-state index contributed by atoms with van der Waals surface area (Å²) < 4.78 is 5.85. The monoisotopic (exact) mass is 291 g/mol. The third-order valence-electron chi connectivity index (χ3n) is 2.71. The van der Waals surface area contributed by atoms with E-state index in [0.29, 0.717) is 12.8 Å². The van der Waals surface area contributed by atoms with Crippen molar-refractivity contribution in [2.45, 2.75) is 31.8 Å². The molecule has 1 amide bonds. The lowest BCUT2D eigenvalue weighted by atomic mass is 10.2. The Hall–Kier alpha value is -2.62. The van der Waals surface area contributed by atoms with Gasteiger partial charge in [-0.3, -0.25) is 9.36 Å². The van der Waals surface area contributed by atoms with Gasteiger partial charge in [-0.1, -0.05) is 0 Å². The molecule has 0 saturated heterocycles. The quantitative estimate of drug-likeness (QED) is 0.423. The number of hydrogen-bond donors (Lipinski definition) is 1. The summed E-state index contributed by atoms with van der Waals surface area (Å²) in [7, 11) is 1.21. The second-order valence-corrected chi connectivity index (χ2v) is 4.26. The molecule has 1 aromatic rings. The van der Waals surface area contributed by atoms with Gasteiger partial charge in [-0.2, -0.15) is 0 Å². The number of carbonyl (C=O) groups excluding carboxylic acids is 2. The minimum Gasteiger partial charge on any atom is -0.467 e. The molecule has 0 bridgehead atoms. The van der Waals surface area contributed by atoms with Gasteiger partial charge in [0.1, 0.15) is 6.04 Å². The fourth-order valence-electron chi connectivity index (χ4n) is 1.66. The van der Waals surface area contributed by atoms with Gasteiger partial charge < -0.3 is 10.1 Å². The SMILES string of the molecule is C#CCCCC(=O)NC(Cn1cccnc1=O)C(=O)OC. The highest BCUT2D eigenvalue weighted by atomic mass is 16.5. The van der Waals surface area contributed by atoms with Crippen LogP contribution >= 0.6 is 0 Å². The van der Waals surface area contributed by atoms with E-state index in [9.17, 15) is 14.4 Å². The second kappa shape index (κ2) is 8.53. The molecule has 0 fully saturated rings. The lowest BCUT2D eigenvalue weighted by Crippen LogP contribution is -2.46. The van der Waals surface area contributed by atoms with Gasteiger partial charge in [-0.15, -0.1) is 12.3 Å². The van der Waals surface area contributed by atoms with Gasteiger partial charge in [0.25, 0.3) is 0 Å². The van der Waals surface area contributed by atoms with E-state index in [-0.39, 0.29) is 18.9 Å². The van der Waals surface area contributed by atoms with Crippen LogP contribution in [0.2, 0.25) is 0 Å². The van der Waals surface area contributed by atoms with E-state index in [2.05, 4.69) is 21.0 Å². The molecule has 0 aliphatic rings. The minimum absolute atomic E-state index is 0.0414. The molecule has 0 aromatic carbocycles. The van der Waals surface area contributed by atoms with Crippen molar-refractivity contribution < 1.29 is 14.3 Å². The van der Waals surface area contributed by atoms with Crippen LogP contribution in [0.15, 0.2) is 23.3 Å². The zero-order valence-corrected chi connectivity index (χ0v) is 11.7. The van der Waals surface area contributed by atoms with Gasteiger partial charge in [0, 0.05) is 25.2 Å². The number of ether oxygens (including phenoxy) is 1. The van der Waals surface area contributed by atoms with Gasteiger partial charge in [0.05, 0.1) is 13.7 Å². The summed E-state index contributed by atoms with van der Waals surface area (Å²) in [4.78, 5) is 38.5. The Morgan fingerprint density at radius 2 is 2.33 bits per heavy atom. The van der Waals surface area contributed by atoms with Crippen LogP contribution in [0.1, 0.15) is 19.3 Å². The topological polar surface area (TPSA) is 90.3 Å². The zero-order valence-electron chi connectivity index (χ0n) is 11.7. The summed E-state index contributed by atoms with van der Waals surface area (Å²) >= 11 is 0. The van der Waals surface area contributed by atoms with E-state index in [1.165, 1.54) is 24.1 Å². The molecule has 1 aromatic heterocycles. The van der Waals surface area contributed by atoms with Crippen LogP contribution in [0, 0.1) is 12.3 Å². The first-order chi connectivity index (χ1) is 10.1. The van der Waals surface area contributed by atoms with Crippen LogP contribution in [0.25, 0.3) is 0 Å². The fraction of sp³-hybridized carbons (Fsp3) is 0.429. The number of nitrogens with one attached hydrogen (secondary N) is 1. The Morgan fingerprint density at radius 1 is 1.57 bits per heavy atom. The molecule has 21 heavy (non-hydrogen) atoms. The summed E-state index contributed by atoms with van der Waals surface area (Å²) in [6, 6.07) is 0.611. The van der Waals surface area contributed by atoms with Crippen molar-refractivity contribution in [3.63, 3.8) is 0 Å². The van der Waals surface area contributed by atoms with Crippen molar-refractivity contribution in [2.24, 2.45) is 0 Å². The standard InChI is InChI=1S/C14H17N3O4/c1-3-4-5-7-12(18)16-11(13(19)21-2)10-17-9-6-8-15-14(17)20/h1,6,8-9,11H,4-5,7,10H2,2H3,(H,16,18). The maximum absolute atomic E-state index is 11.7. The lowest BCUT2D eigenvalue weighted by molar-refractivity contribution is -0.145. The number of hydrogen-bond acceptors (Lipinski definition) is 5. The van der Waals surface area contributed by atoms with Crippen LogP contribution in [-0.2, 0) is 20.9 Å². The van der Waals surface area contributed by atoms with E-state index in [0.717, 1.165) is 0 Å².